The largest absolute Gasteiger partial charge is 0.353 e. The van der Waals surface area contributed by atoms with Crippen LogP contribution in [0.1, 0.15) is 17.3 Å². The van der Waals surface area contributed by atoms with E-state index in [1.165, 1.54) is 0 Å². The van der Waals surface area contributed by atoms with Gasteiger partial charge >= 0.3 is 0 Å². The van der Waals surface area contributed by atoms with E-state index >= 15 is 0 Å². The van der Waals surface area contributed by atoms with Crippen molar-refractivity contribution >= 4 is 35.2 Å². The first kappa shape index (κ1) is 14.2. The van der Waals surface area contributed by atoms with Crippen molar-refractivity contribution in [1.82, 2.24) is 10.2 Å². The third-order valence-corrected chi connectivity index (χ3v) is 4.22. The predicted molar refractivity (Wildman–Crippen MR) is 76.7 cm³/mol. The summed E-state index contributed by atoms with van der Waals surface area (Å²) >= 11 is 7.64. The Kier molecular flexibility index (Phi) is 4.37. The van der Waals surface area contributed by atoms with E-state index in [0.29, 0.717) is 23.7 Å². The van der Waals surface area contributed by atoms with Crippen LogP contribution < -0.4 is 5.32 Å². The van der Waals surface area contributed by atoms with Crippen LogP contribution in [-0.2, 0) is 4.79 Å². The number of amides is 2. The summed E-state index contributed by atoms with van der Waals surface area (Å²) in [6.45, 7) is 2.71. The number of carbonyl (C=O) groups is 2. The first-order valence-corrected chi connectivity index (χ1v) is 7.57. The third kappa shape index (κ3) is 2.87. The molecule has 2 rings (SSSR count). The van der Waals surface area contributed by atoms with Crippen LogP contribution in [0, 0.1) is 0 Å². The van der Waals surface area contributed by atoms with Crippen LogP contribution >= 0.6 is 23.4 Å². The first-order chi connectivity index (χ1) is 9.04. The van der Waals surface area contributed by atoms with Crippen molar-refractivity contribution in [1.29, 1.82) is 0 Å². The number of hydrogen-bond acceptors (Lipinski definition) is 3. The molecule has 0 saturated carbocycles. The molecule has 6 heteroatoms. The normalized spacial score (nSPS) is 19.2. The molecule has 1 aromatic rings. The van der Waals surface area contributed by atoms with Gasteiger partial charge in [0.05, 0.1) is 10.6 Å². The predicted octanol–water partition coefficient (Wildman–Crippen LogP) is 2.02. The van der Waals surface area contributed by atoms with Crippen LogP contribution in [0.15, 0.2) is 23.1 Å². The van der Waals surface area contributed by atoms with E-state index in [9.17, 15) is 9.59 Å². The fourth-order valence-electron chi connectivity index (χ4n) is 2.01. The highest BCUT2D eigenvalue weighted by Crippen LogP contribution is 2.25. The van der Waals surface area contributed by atoms with Crippen molar-refractivity contribution in [2.24, 2.45) is 0 Å². The lowest BCUT2D eigenvalue weighted by atomic mass is 10.1. The van der Waals surface area contributed by atoms with Gasteiger partial charge in [0.25, 0.3) is 5.91 Å². The van der Waals surface area contributed by atoms with Crippen LogP contribution in [0.5, 0.6) is 0 Å². The highest BCUT2D eigenvalue weighted by molar-refractivity contribution is 7.98. The molecule has 1 saturated heterocycles. The van der Waals surface area contributed by atoms with E-state index in [4.69, 9.17) is 11.6 Å². The Bertz CT molecular complexity index is 521. The van der Waals surface area contributed by atoms with Gasteiger partial charge in [-0.25, -0.2) is 0 Å². The molecule has 0 radical (unpaired) electrons. The highest BCUT2D eigenvalue weighted by Gasteiger charge is 2.30. The maximum absolute atomic E-state index is 12.5. The summed E-state index contributed by atoms with van der Waals surface area (Å²) in [5, 5.41) is 3.15. The molecule has 1 aromatic carbocycles. The average molecular weight is 299 g/mol. The number of piperazine rings is 1. The number of halogens is 1. The van der Waals surface area contributed by atoms with E-state index in [1.807, 2.05) is 12.3 Å². The molecule has 1 N–H and O–H groups in total. The second-order valence-corrected chi connectivity index (χ2v) is 5.60. The van der Waals surface area contributed by atoms with E-state index in [2.05, 4.69) is 5.32 Å². The maximum Gasteiger partial charge on any atom is 0.256 e. The zero-order valence-corrected chi connectivity index (χ0v) is 12.3. The monoisotopic (exact) mass is 298 g/mol. The van der Waals surface area contributed by atoms with Gasteiger partial charge in [-0.3, -0.25) is 9.59 Å². The Morgan fingerprint density at radius 1 is 1.53 bits per heavy atom. The van der Waals surface area contributed by atoms with E-state index in [0.717, 1.165) is 4.90 Å². The molecule has 1 unspecified atom stereocenters. The molecule has 2 amide bonds. The third-order valence-electron chi connectivity index (χ3n) is 3.16. The average Bonchev–Trinajstić information content (AvgIpc) is 2.42. The summed E-state index contributed by atoms with van der Waals surface area (Å²) in [6, 6.07) is 4.90. The molecule has 1 aliphatic rings. The minimum absolute atomic E-state index is 0.128. The van der Waals surface area contributed by atoms with E-state index < -0.39 is 6.04 Å². The topological polar surface area (TPSA) is 49.4 Å². The van der Waals surface area contributed by atoms with Crippen molar-refractivity contribution in [3.63, 3.8) is 0 Å². The Hall–Kier alpha value is -1.20. The number of nitrogens with one attached hydrogen (secondary N) is 1. The Morgan fingerprint density at radius 3 is 2.95 bits per heavy atom. The molecule has 0 aromatic heterocycles. The molecular formula is C13H15ClN2O2S. The van der Waals surface area contributed by atoms with Gasteiger partial charge in [-0.05, 0) is 31.4 Å². The summed E-state index contributed by atoms with van der Waals surface area (Å²) in [5.41, 5.74) is 0.454. The van der Waals surface area contributed by atoms with E-state index in [-0.39, 0.29) is 11.8 Å². The van der Waals surface area contributed by atoms with Crippen molar-refractivity contribution in [2.75, 3.05) is 19.3 Å². The molecule has 1 atom stereocenters. The van der Waals surface area contributed by atoms with Crippen molar-refractivity contribution in [3.8, 4) is 0 Å². The summed E-state index contributed by atoms with van der Waals surface area (Å²) < 4.78 is 0. The first-order valence-electron chi connectivity index (χ1n) is 5.97. The molecule has 0 spiro atoms. The second-order valence-electron chi connectivity index (χ2n) is 4.31. The smallest absolute Gasteiger partial charge is 0.256 e. The number of benzene rings is 1. The lowest BCUT2D eigenvalue weighted by Gasteiger charge is -2.33. The summed E-state index contributed by atoms with van der Waals surface area (Å²) in [6.07, 6.45) is 1.94. The summed E-state index contributed by atoms with van der Waals surface area (Å²) in [5.74, 6) is -0.319. The Morgan fingerprint density at radius 2 is 2.26 bits per heavy atom. The van der Waals surface area contributed by atoms with Gasteiger partial charge in [-0.1, -0.05) is 11.6 Å². The molecule has 1 heterocycles. The molecule has 0 aliphatic carbocycles. The Labute approximate surface area is 121 Å². The standard InChI is InChI=1S/C13H15ClN2O2S/c1-8-12(17)15-5-6-16(8)13(18)10-7-9(19-2)3-4-11(10)14/h3-4,7-8H,5-6H2,1-2H3,(H,15,17). The van der Waals surface area contributed by atoms with Gasteiger partial charge in [0, 0.05) is 18.0 Å². The highest BCUT2D eigenvalue weighted by atomic mass is 35.5. The molecule has 4 nitrogen and oxygen atoms in total. The van der Waals surface area contributed by atoms with Gasteiger partial charge in [-0.2, -0.15) is 0 Å². The number of thioether (sulfide) groups is 1. The summed E-state index contributed by atoms with van der Waals surface area (Å²) in [7, 11) is 0. The molecule has 102 valence electrons. The molecule has 19 heavy (non-hydrogen) atoms. The number of hydrogen-bond donors (Lipinski definition) is 1. The van der Waals surface area contributed by atoms with Crippen molar-refractivity contribution in [2.45, 2.75) is 17.9 Å². The molecule has 1 aliphatic heterocycles. The van der Waals surface area contributed by atoms with Gasteiger partial charge in [-0.15, -0.1) is 11.8 Å². The molecule has 0 bridgehead atoms. The SMILES string of the molecule is CSc1ccc(Cl)c(C(=O)N2CCNC(=O)C2C)c1. The quantitative estimate of drug-likeness (QED) is 0.850. The lowest BCUT2D eigenvalue weighted by molar-refractivity contribution is -0.127. The fourth-order valence-corrected chi connectivity index (χ4v) is 2.65. The van der Waals surface area contributed by atoms with Crippen LogP contribution in [0.25, 0.3) is 0 Å². The zero-order chi connectivity index (χ0) is 14.0. The van der Waals surface area contributed by atoms with E-state index in [1.54, 1.807) is 35.7 Å². The summed E-state index contributed by atoms with van der Waals surface area (Å²) in [4.78, 5) is 26.6. The van der Waals surface area contributed by atoms with Crippen molar-refractivity contribution in [3.05, 3.63) is 28.8 Å². The Balaban J connectivity index is 2.30. The molecule has 1 fully saturated rings. The molecular weight excluding hydrogens is 284 g/mol. The van der Waals surface area contributed by atoms with Gasteiger partial charge in [0.2, 0.25) is 5.91 Å². The van der Waals surface area contributed by atoms with Crippen LogP contribution in [0.2, 0.25) is 5.02 Å². The van der Waals surface area contributed by atoms with Crippen LogP contribution in [-0.4, -0.2) is 42.1 Å². The van der Waals surface area contributed by atoms with Crippen LogP contribution in [0.3, 0.4) is 0 Å². The zero-order valence-electron chi connectivity index (χ0n) is 10.8. The van der Waals surface area contributed by atoms with Gasteiger partial charge < -0.3 is 10.2 Å². The van der Waals surface area contributed by atoms with Crippen LogP contribution in [0.4, 0.5) is 0 Å². The number of nitrogens with zero attached hydrogens (tertiary/aromatic N) is 1. The minimum atomic E-state index is -0.463. The second kappa shape index (κ2) is 5.84. The lowest BCUT2D eigenvalue weighted by Crippen LogP contribution is -2.55. The van der Waals surface area contributed by atoms with Crippen molar-refractivity contribution < 1.29 is 9.59 Å². The minimum Gasteiger partial charge on any atom is -0.353 e. The number of carbonyl (C=O) groups excluding carboxylic acids is 2. The fraction of sp³-hybridized carbons (Fsp3) is 0.385. The maximum atomic E-state index is 12.5. The number of rotatable bonds is 2. The van der Waals surface area contributed by atoms with Gasteiger partial charge in [0.1, 0.15) is 6.04 Å². The van der Waals surface area contributed by atoms with Gasteiger partial charge in [0.15, 0.2) is 0 Å².